The van der Waals surface area contributed by atoms with Gasteiger partial charge in [-0.1, -0.05) is 24.3 Å². The number of anilines is 1. The first-order valence-corrected chi connectivity index (χ1v) is 7.20. The summed E-state index contributed by atoms with van der Waals surface area (Å²) in [7, 11) is 0. The number of nitrogens with zero attached hydrogens (tertiary/aromatic N) is 2. The van der Waals surface area contributed by atoms with Crippen LogP contribution in [-0.2, 0) is 13.0 Å². The number of fused-ring (bicyclic) bond motifs is 1. The second-order valence-corrected chi connectivity index (χ2v) is 5.42. The van der Waals surface area contributed by atoms with Gasteiger partial charge in [0.2, 0.25) is 0 Å². The molecule has 104 valence electrons. The van der Waals surface area contributed by atoms with E-state index in [-0.39, 0.29) is 0 Å². The molecule has 0 saturated heterocycles. The Morgan fingerprint density at radius 1 is 1.20 bits per heavy atom. The number of aliphatic hydroxyl groups excluding tert-OH is 1. The molecule has 3 rings (SSSR count). The third-order valence-corrected chi connectivity index (χ3v) is 3.93. The van der Waals surface area contributed by atoms with Gasteiger partial charge in [0.25, 0.3) is 0 Å². The topological polar surface area (TPSA) is 36.4 Å². The summed E-state index contributed by atoms with van der Waals surface area (Å²) in [5.74, 6) is 0.958. The van der Waals surface area contributed by atoms with E-state index in [1.165, 1.54) is 11.1 Å². The van der Waals surface area contributed by atoms with Gasteiger partial charge in [0.15, 0.2) is 0 Å². The zero-order valence-electron chi connectivity index (χ0n) is 11.8. The Balaban J connectivity index is 1.89. The molecule has 20 heavy (non-hydrogen) atoms. The first-order valence-electron chi connectivity index (χ1n) is 7.20. The maximum Gasteiger partial charge on any atom is 0.129 e. The van der Waals surface area contributed by atoms with E-state index in [0.717, 1.165) is 37.3 Å². The summed E-state index contributed by atoms with van der Waals surface area (Å²) in [5, 5.41) is 9.71. The van der Waals surface area contributed by atoms with E-state index >= 15 is 0 Å². The highest BCUT2D eigenvalue weighted by atomic mass is 16.3. The normalized spacial score (nSPS) is 16.4. The van der Waals surface area contributed by atoms with E-state index in [4.69, 9.17) is 0 Å². The lowest BCUT2D eigenvalue weighted by atomic mass is 10.0. The van der Waals surface area contributed by atoms with Crippen molar-refractivity contribution in [1.29, 1.82) is 0 Å². The first-order chi connectivity index (χ1) is 9.74. The molecule has 1 aliphatic rings. The van der Waals surface area contributed by atoms with Crippen LogP contribution in [0.25, 0.3) is 0 Å². The van der Waals surface area contributed by atoms with Crippen LogP contribution in [0, 0.1) is 0 Å². The van der Waals surface area contributed by atoms with Crippen molar-refractivity contribution in [2.24, 2.45) is 0 Å². The van der Waals surface area contributed by atoms with Gasteiger partial charge in [-0.05, 0) is 48.6 Å². The second kappa shape index (κ2) is 5.63. The number of hydrogen-bond donors (Lipinski definition) is 1. The molecule has 0 fully saturated rings. The quantitative estimate of drug-likeness (QED) is 0.909. The molecule has 0 saturated carbocycles. The van der Waals surface area contributed by atoms with Crippen LogP contribution in [0.3, 0.4) is 0 Å². The molecular weight excluding hydrogens is 248 g/mol. The molecule has 1 aromatic heterocycles. The maximum atomic E-state index is 9.71. The molecule has 0 unspecified atom stereocenters. The second-order valence-electron chi connectivity index (χ2n) is 5.42. The van der Waals surface area contributed by atoms with E-state index < -0.39 is 6.10 Å². The van der Waals surface area contributed by atoms with E-state index in [0.29, 0.717) is 0 Å². The zero-order chi connectivity index (χ0) is 13.9. The van der Waals surface area contributed by atoms with Gasteiger partial charge < -0.3 is 10.0 Å². The predicted molar refractivity (Wildman–Crippen MR) is 80.7 cm³/mol. The van der Waals surface area contributed by atoms with Crippen molar-refractivity contribution in [2.45, 2.75) is 32.4 Å². The Morgan fingerprint density at radius 2 is 2.00 bits per heavy atom. The highest BCUT2D eigenvalue weighted by Gasteiger charge is 2.16. The van der Waals surface area contributed by atoms with E-state index in [1.54, 1.807) is 13.1 Å². The molecule has 2 heterocycles. The molecule has 1 aromatic carbocycles. The minimum atomic E-state index is -0.448. The number of benzene rings is 1. The van der Waals surface area contributed by atoms with Crippen LogP contribution in [0.4, 0.5) is 5.82 Å². The SMILES string of the molecule is C[C@H](O)c1ccnc(N2CCCc3ccccc3C2)c1. The monoisotopic (exact) mass is 268 g/mol. The van der Waals surface area contributed by atoms with Crippen molar-refractivity contribution < 1.29 is 5.11 Å². The number of pyridine rings is 1. The van der Waals surface area contributed by atoms with Crippen molar-refractivity contribution in [3.8, 4) is 0 Å². The van der Waals surface area contributed by atoms with Crippen molar-refractivity contribution in [2.75, 3.05) is 11.4 Å². The van der Waals surface area contributed by atoms with Crippen LogP contribution < -0.4 is 4.90 Å². The van der Waals surface area contributed by atoms with E-state index in [1.807, 2.05) is 12.1 Å². The van der Waals surface area contributed by atoms with Gasteiger partial charge in [0.1, 0.15) is 5.82 Å². The largest absolute Gasteiger partial charge is 0.389 e. The minimum absolute atomic E-state index is 0.448. The summed E-state index contributed by atoms with van der Waals surface area (Å²) in [4.78, 5) is 6.78. The lowest BCUT2D eigenvalue weighted by Gasteiger charge is -2.22. The van der Waals surface area contributed by atoms with Gasteiger partial charge in [0, 0.05) is 19.3 Å². The Morgan fingerprint density at radius 3 is 2.80 bits per heavy atom. The van der Waals surface area contributed by atoms with E-state index in [2.05, 4.69) is 34.1 Å². The first kappa shape index (κ1) is 13.1. The molecule has 1 aliphatic heterocycles. The Bertz CT molecular complexity index is 595. The highest BCUT2D eigenvalue weighted by Crippen LogP contribution is 2.24. The van der Waals surface area contributed by atoms with Crippen LogP contribution >= 0.6 is 0 Å². The van der Waals surface area contributed by atoms with Crippen LogP contribution in [0.2, 0.25) is 0 Å². The fraction of sp³-hybridized carbons (Fsp3) is 0.353. The van der Waals surface area contributed by atoms with Crippen LogP contribution in [0.5, 0.6) is 0 Å². The fourth-order valence-corrected chi connectivity index (χ4v) is 2.76. The molecule has 0 aliphatic carbocycles. The van der Waals surface area contributed by atoms with Crippen molar-refractivity contribution in [1.82, 2.24) is 4.98 Å². The molecular formula is C17H20N2O. The summed E-state index contributed by atoms with van der Waals surface area (Å²) >= 11 is 0. The van der Waals surface area contributed by atoms with Crippen molar-refractivity contribution >= 4 is 5.82 Å². The smallest absolute Gasteiger partial charge is 0.129 e. The standard InChI is InChI=1S/C17H20N2O/c1-13(20)15-8-9-18-17(11-15)19-10-4-7-14-5-2-3-6-16(14)12-19/h2-3,5-6,8-9,11,13,20H,4,7,10,12H2,1H3/t13-/m0/s1. The summed E-state index contributed by atoms with van der Waals surface area (Å²) in [6, 6.07) is 12.5. The third-order valence-electron chi connectivity index (χ3n) is 3.93. The van der Waals surface area contributed by atoms with Crippen LogP contribution in [0.15, 0.2) is 42.6 Å². The number of aliphatic hydroxyl groups is 1. The van der Waals surface area contributed by atoms with Gasteiger partial charge in [-0.25, -0.2) is 4.98 Å². The molecule has 2 aromatic rings. The van der Waals surface area contributed by atoms with Gasteiger partial charge in [-0.15, -0.1) is 0 Å². The molecule has 0 radical (unpaired) electrons. The molecule has 0 spiro atoms. The Kier molecular flexibility index (Phi) is 3.70. The number of aromatic nitrogens is 1. The van der Waals surface area contributed by atoms with Gasteiger partial charge in [-0.3, -0.25) is 0 Å². The summed E-state index contributed by atoms with van der Waals surface area (Å²) in [5.41, 5.74) is 3.75. The lowest BCUT2D eigenvalue weighted by molar-refractivity contribution is 0.199. The van der Waals surface area contributed by atoms with Gasteiger partial charge >= 0.3 is 0 Å². The molecule has 1 N–H and O–H groups in total. The van der Waals surface area contributed by atoms with Crippen molar-refractivity contribution in [3.63, 3.8) is 0 Å². The third kappa shape index (κ3) is 2.68. The maximum absolute atomic E-state index is 9.71. The Hall–Kier alpha value is -1.87. The summed E-state index contributed by atoms with van der Waals surface area (Å²) < 4.78 is 0. The molecule has 3 heteroatoms. The molecule has 3 nitrogen and oxygen atoms in total. The average Bonchev–Trinajstić information content (AvgIpc) is 2.69. The zero-order valence-corrected chi connectivity index (χ0v) is 11.8. The van der Waals surface area contributed by atoms with Gasteiger partial charge in [0.05, 0.1) is 6.10 Å². The Labute approximate surface area is 119 Å². The molecule has 0 bridgehead atoms. The van der Waals surface area contributed by atoms with E-state index in [9.17, 15) is 5.11 Å². The summed E-state index contributed by atoms with van der Waals surface area (Å²) in [6.07, 6.45) is 3.60. The molecule has 0 amide bonds. The predicted octanol–water partition coefficient (Wildman–Crippen LogP) is 3.09. The molecule has 1 atom stereocenters. The minimum Gasteiger partial charge on any atom is -0.389 e. The summed E-state index contributed by atoms with van der Waals surface area (Å²) in [6.45, 7) is 3.69. The number of rotatable bonds is 2. The van der Waals surface area contributed by atoms with Crippen molar-refractivity contribution in [3.05, 3.63) is 59.3 Å². The fourth-order valence-electron chi connectivity index (χ4n) is 2.76. The number of aryl methyl sites for hydroxylation is 1. The van der Waals surface area contributed by atoms with Crippen LogP contribution in [0.1, 0.15) is 36.1 Å². The number of hydrogen-bond acceptors (Lipinski definition) is 3. The average molecular weight is 268 g/mol. The highest BCUT2D eigenvalue weighted by molar-refractivity contribution is 5.44. The van der Waals surface area contributed by atoms with Crippen LogP contribution in [-0.4, -0.2) is 16.6 Å². The lowest BCUT2D eigenvalue weighted by Crippen LogP contribution is -2.23. The van der Waals surface area contributed by atoms with Gasteiger partial charge in [-0.2, -0.15) is 0 Å².